The molecule has 0 atom stereocenters. The van der Waals surface area contributed by atoms with Gasteiger partial charge in [-0.15, -0.1) is 0 Å². The van der Waals surface area contributed by atoms with Gasteiger partial charge in [-0.1, -0.05) is 0 Å². The molecule has 1 saturated carbocycles. The Bertz CT molecular complexity index is 1240. The van der Waals surface area contributed by atoms with E-state index in [0.717, 1.165) is 29.0 Å². The molecule has 1 aliphatic heterocycles. The van der Waals surface area contributed by atoms with Gasteiger partial charge in [-0.3, -0.25) is 13.8 Å². The topological polar surface area (TPSA) is 57.2 Å². The van der Waals surface area contributed by atoms with Crippen molar-refractivity contribution in [2.45, 2.75) is 44.6 Å². The van der Waals surface area contributed by atoms with E-state index in [1.54, 1.807) is 22.0 Å². The highest BCUT2D eigenvalue weighted by Gasteiger charge is 2.48. The third-order valence-electron chi connectivity index (χ3n) is 6.24. The second-order valence-electron chi connectivity index (χ2n) is 8.56. The van der Waals surface area contributed by atoms with E-state index in [0.29, 0.717) is 26.2 Å². The summed E-state index contributed by atoms with van der Waals surface area (Å²) >= 11 is 0. The molecule has 2 aliphatic rings. The fourth-order valence-electron chi connectivity index (χ4n) is 4.24. The van der Waals surface area contributed by atoms with Crippen LogP contribution in [0.2, 0.25) is 0 Å². The fourth-order valence-corrected chi connectivity index (χ4v) is 4.24. The predicted molar refractivity (Wildman–Crippen MR) is 112 cm³/mol. The van der Waals surface area contributed by atoms with Crippen LogP contribution < -0.4 is 10.6 Å². The van der Waals surface area contributed by atoms with Crippen molar-refractivity contribution >= 4 is 5.69 Å². The Labute approximate surface area is 186 Å². The summed E-state index contributed by atoms with van der Waals surface area (Å²) in [6, 6.07) is 2.13. The van der Waals surface area contributed by atoms with Gasteiger partial charge in [-0.2, -0.15) is 18.3 Å². The lowest BCUT2D eigenvalue weighted by Crippen LogP contribution is -2.44. The molecule has 176 valence electrons. The van der Waals surface area contributed by atoms with Crippen molar-refractivity contribution in [3.63, 3.8) is 0 Å². The zero-order valence-electron chi connectivity index (χ0n) is 18.0. The molecule has 3 aromatic rings. The van der Waals surface area contributed by atoms with E-state index < -0.39 is 28.9 Å². The number of rotatable bonds is 5. The molecule has 3 heterocycles. The standard InChI is InChI=1S/C22H23F4N5O2/c1-2-30-13-15(11-27-30)12-28-5-6-31(20(28)32)18-10-16(9-17(19(18)23)22(24,25)26)29-7-8-33-21(14-29)3-4-21/h5-6,9-11,13H,2-4,7-8,12,14H2,1H3. The van der Waals surface area contributed by atoms with Crippen LogP contribution in [0, 0.1) is 5.82 Å². The largest absolute Gasteiger partial charge is 0.419 e. The van der Waals surface area contributed by atoms with Crippen molar-refractivity contribution < 1.29 is 22.3 Å². The molecule has 33 heavy (non-hydrogen) atoms. The Balaban J connectivity index is 1.54. The van der Waals surface area contributed by atoms with Gasteiger partial charge in [0.1, 0.15) is 0 Å². The summed E-state index contributed by atoms with van der Waals surface area (Å²) in [5, 5.41) is 4.15. The maximum absolute atomic E-state index is 15.1. The minimum absolute atomic E-state index is 0.172. The van der Waals surface area contributed by atoms with E-state index in [-0.39, 0.29) is 17.8 Å². The maximum Gasteiger partial charge on any atom is 0.419 e. The van der Waals surface area contributed by atoms with Crippen LogP contribution >= 0.6 is 0 Å². The van der Waals surface area contributed by atoms with Crippen molar-refractivity contribution in [3.05, 3.63) is 64.3 Å². The molecule has 1 aromatic carbocycles. The lowest BCUT2D eigenvalue weighted by molar-refractivity contribution is -0.139. The first kappa shape index (κ1) is 21.7. The normalized spacial score (nSPS) is 17.7. The van der Waals surface area contributed by atoms with Gasteiger partial charge in [0.05, 0.1) is 36.2 Å². The van der Waals surface area contributed by atoms with E-state index in [1.165, 1.54) is 23.0 Å². The lowest BCUT2D eigenvalue weighted by atomic mass is 10.1. The SMILES string of the molecule is CCn1cc(Cn2ccn(-c3cc(N4CCOC5(CC5)C4)cc(C(F)(F)F)c3F)c2=O)cn1. The van der Waals surface area contributed by atoms with Crippen LogP contribution in [0.1, 0.15) is 30.9 Å². The molecular formula is C22H23F4N5O2. The van der Waals surface area contributed by atoms with Gasteiger partial charge in [0, 0.05) is 49.5 Å². The van der Waals surface area contributed by atoms with Crippen LogP contribution in [-0.2, 0) is 24.0 Å². The Kier molecular flexibility index (Phi) is 5.11. The Morgan fingerprint density at radius 3 is 2.67 bits per heavy atom. The molecule has 0 unspecified atom stereocenters. The Morgan fingerprint density at radius 2 is 2.00 bits per heavy atom. The quantitative estimate of drug-likeness (QED) is 0.542. The molecule has 0 radical (unpaired) electrons. The summed E-state index contributed by atoms with van der Waals surface area (Å²) in [5.41, 5.74) is -1.81. The zero-order chi connectivity index (χ0) is 23.4. The molecule has 5 rings (SSSR count). The summed E-state index contributed by atoms with van der Waals surface area (Å²) in [6.45, 7) is 3.97. The van der Waals surface area contributed by atoms with Crippen LogP contribution in [0.4, 0.5) is 23.2 Å². The number of aryl methyl sites for hydroxylation is 1. The lowest BCUT2D eigenvalue weighted by Gasteiger charge is -2.35. The molecule has 0 bridgehead atoms. The van der Waals surface area contributed by atoms with Crippen LogP contribution in [-0.4, -0.2) is 44.2 Å². The summed E-state index contributed by atoms with van der Waals surface area (Å²) in [7, 11) is 0. The monoisotopic (exact) mass is 465 g/mol. The van der Waals surface area contributed by atoms with E-state index in [9.17, 15) is 18.0 Å². The molecule has 2 aromatic heterocycles. The second kappa shape index (κ2) is 7.75. The number of halogens is 4. The molecule has 1 spiro atoms. The minimum Gasteiger partial charge on any atom is -0.371 e. The van der Waals surface area contributed by atoms with E-state index >= 15 is 4.39 Å². The molecule has 0 N–H and O–H groups in total. The number of morpholine rings is 1. The average molecular weight is 465 g/mol. The van der Waals surface area contributed by atoms with Gasteiger partial charge in [-0.05, 0) is 31.9 Å². The van der Waals surface area contributed by atoms with Gasteiger partial charge >= 0.3 is 11.9 Å². The minimum atomic E-state index is -4.90. The van der Waals surface area contributed by atoms with Crippen molar-refractivity contribution in [3.8, 4) is 5.69 Å². The summed E-state index contributed by atoms with van der Waals surface area (Å²) in [6.07, 6.45) is 2.90. The molecule has 0 amide bonds. The van der Waals surface area contributed by atoms with E-state index in [2.05, 4.69) is 5.10 Å². The number of hydrogen-bond acceptors (Lipinski definition) is 4. The van der Waals surface area contributed by atoms with Crippen molar-refractivity contribution in [2.24, 2.45) is 0 Å². The smallest absolute Gasteiger partial charge is 0.371 e. The van der Waals surface area contributed by atoms with Gasteiger partial charge in [0.25, 0.3) is 0 Å². The molecular weight excluding hydrogens is 442 g/mol. The zero-order valence-corrected chi connectivity index (χ0v) is 18.0. The van der Waals surface area contributed by atoms with E-state index in [4.69, 9.17) is 4.74 Å². The third-order valence-corrected chi connectivity index (χ3v) is 6.24. The van der Waals surface area contributed by atoms with Crippen LogP contribution in [0.25, 0.3) is 5.69 Å². The van der Waals surface area contributed by atoms with Gasteiger partial charge < -0.3 is 9.64 Å². The number of imidazole rings is 1. The summed E-state index contributed by atoms with van der Waals surface area (Å²) in [5.74, 6) is -1.47. The highest BCUT2D eigenvalue weighted by atomic mass is 19.4. The average Bonchev–Trinajstić information content (AvgIpc) is 3.19. The van der Waals surface area contributed by atoms with E-state index in [1.807, 2.05) is 6.92 Å². The predicted octanol–water partition coefficient (Wildman–Crippen LogP) is 3.43. The van der Waals surface area contributed by atoms with Crippen LogP contribution in [0.3, 0.4) is 0 Å². The highest BCUT2D eigenvalue weighted by Crippen LogP contribution is 2.44. The van der Waals surface area contributed by atoms with Gasteiger partial charge in [0.2, 0.25) is 0 Å². The summed E-state index contributed by atoms with van der Waals surface area (Å²) in [4.78, 5) is 14.8. The second-order valence-corrected chi connectivity index (χ2v) is 8.56. The van der Waals surface area contributed by atoms with Crippen molar-refractivity contribution in [1.82, 2.24) is 18.9 Å². The molecule has 7 nitrogen and oxygen atoms in total. The number of ether oxygens (including phenoxy) is 1. The number of anilines is 1. The third kappa shape index (κ3) is 4.05. The van der Waals surface area contributed by atoms with Crippen molar-refractivity contribution in [1.29, 1.82) is 0 Å². The maximum atomic E-state index is 15.1. The van der Waals surface area contributed by atoms with Crippen LogP contribution in [0.15, 0.2) is 41.7 Å². The molecule has 1 aliphatic carbocycles. The Hall–Kier alpha value is -3.08. The number of benzene rings is 1. The van der Waals surface area contributed by atoms with Gasteiger partial charge in [-0.25, -0.2) is 9.18 Å². The number of aromatic nitrogens is 4. The van der Waals surface area contributed by atoms with Crippen LogP contribution in [0.5, 0.6) is 0 Å². The first-order valence-electron chi connectivity index (χ1n) is 10.8. The number of nitrogens with zero attached hydrogens (tertiary/aromatic N) is 5. The summed E-state index contributed by atoms with van der Waals surface area (Å²) < 4.78 is 65.9. The first-order chi connectivity index (χ1) is 15.7. The first-order valence-corrected chi connectivity index (χ1v) is 10.8. The number of alkyl halides is 3. The molecule has 11 heteroatoms. The van der Waals surface area contributed by atoms with Crippen molar-refractivity contribution in [2.75, 3.05) is 24.6 Å². The molecule has 2 fully saturated rings. The highest BCUT2D eigenvalue weighted by molar-refractivity contribution is 5.58. The number of hydrogen-bond donors (Lipinski definition) is 0. The van der Waals surface area contributed by atoms with Gasteiger partial charge in [0.15, 0.2) is 5.82 Å². The molecule has 1 saturated heterocycles. The fraction of sp³-hybridized carbons (Fsp3) is 0.455. The Morgan fingerprint density at radius 1 is 1.21 bits per heavy atom.